The number of nitrogens with zero attached hydrogens (tertiary/aromatic N) is 6. The zero-order valence-electron chi connectivity index (χ0n) is 36.7. The number of hydrogen-bond acceptors (Lipinski definition) is 14. The Morgan fingerprint density at radius 1 is 1.04 bits per heavy atom. The molecular weight excluding hydrogens is 917 g/mol. The first-order valence-corrected chi connectivity index (χ1v) is 24.7. The molecule has 4 aliphatic rings. The first-order chi connectivity index (χ1) is 31.9. The number of nitriles is 1. The summed E-state index contributed by atoms with van der Waals surface area (Å²) in [5.41, 5.74) is -0.645. The quantitative estimate of drug-likeness (QED) is 0.127. The van der Waals surface area contributed by atoms with E-state index < -0.39 is 71.5 Å². The fourth-order valence-electron chi connectivity index (χ4n) is 9.21. The maximum atomic E-state index is 15.1. The van der Waals surface area contributed by atoms with Crippen LogP contribution in [0.5, 0.6) is 11.5 Å². The van der Waals surface area contributed by atoms with Gasteiger partial charge >= 0.3 is 20.4 Å². The topological polar surface area (TPSA) is 242 Å². The molecule has 5 heterocycles. The van der Waals surface area contributed by atoms with Crippen LogP contribution in [0, 0.1) is 17.1 Å². The number of benzene rings is 3. The van der Waals surface area contributed by atoms with E-state index in [0.29, 0.717) is 69.4 Å². The van der Waals surface area contributed by atoms with Gasteiger partial charge in [-0.15, -0.1) is 3.89 Å². The SMILES string of the molecule is CCN(C)S(=O)(=O)Nc1ccc(F)c(Oc2ccc3ncn([C@@H]4COC5(CCN(C(=O)CN6CCC(c7ccc(NC8CCC(=O)NC8=O)cc7S(=O)(=O)F)CC6)CC5)C4)c(=O)c3c2)c1C#N. The van der Waals surface area contributed by atoms with E-state index in [0.717, 1.165) is 16.4 Å². The maximum Gasteiger partial charge on any atom is 0.332 e. The highest BCUT2D eigenvalue weighted by molar-refractivity contribution is 7.90. The first kappa shape index (κ1) is 47.4. The fourth-order valence-corrected chi connectivity index (χ4v) is 10.9. The summed E-state index contributed by atoms with van der Waals surface area (Å²) >= 11 is 0. The van der Waals surface area contributed by atoms with Crippen LogP contribution in [0.2, 0.25) is 0 Å². The zero-order valence-corrected chi connectivity index (χ0v) is 38.3. The van der Waals surface area contributed by atoms with Crippen molar-refractivity contribution in [2.75, 3.05) is 63.0 Å². The van der Waals surface area contributed by atoms with Crippen molar-refractivity contribution in [1.82, 2.24) is 29.0 Å². The molecule has 1 spiro atoms. The Morgan fingerprint density at radius 2 is 1.79 bits per heavy atom. The third-order valence-corrected chi connectivity index (χ3v) is 15.6. The third-order valence-electron chi connectivity index (χ3n) is 13.1. The Balaban J connectivity index is 0.863. The van der Waals surface area contributed by atoms with E-state index in [2.05, 4.69) is 20.3 Å². The number of nitrogens with one attached hydrogen (secondary N) is 3. The van der Waals surface area contributed by atoms with E-state index in [4.69, 9.17) is 9.47 Å². The third kappa shape index (κ3) is 10.1. The molecule has 1 unspecified atom stereocenters. The van der Waals surface area contributed by atoms with Crippen LogP contribution in [0.1, 0.15) is 75.0 Å². The van der Waals surface area contributed by atoms with Gasteiger partial charge in [-0.1, -0.05) is 13.0 Å². The second-order valence-corrected chi connectivity index (χ2v) is 20.4. The molecule has 0 saturated carbocycles. The zero-order chi connectivity index (χ0) is 47.8. The summed E-state index contributed by atoms with van der Waals surface area (Å²) in [4.78, 5) is 59.0. The molecule has 23 heteroatoms. The Morgan fingerprint density at radius 3 is 2.48 bits per heavy atom. The number of piperidine rings is 3. The predicted octanol–water partition coefficient (Wildman–Crippen LogP) is 3.89. The summed E-state index contributed by atoms with van der Waals surface area (Å²) in [5.74, 6) is -2.72. The van der Waals surface area contributed by atoms with Gasteiger partial charge < -0.3 is 19.7 Å². The van der Waals surface area contributed by atoms with Crippen molar-refractivity contribution in [1.29, 1.82) is 5.26 Å². The summed E-state index contributed by atoms with van der Waals surface area (Å²) in [7, 11) is -7.82. The molecule has 3 aromatic carbocycles. The number of carbonyl (C=O) groups excluding carboxylic acids is 3. The molecule has 2 atom stereocenters. The number of rotatable bonds is 13. The summed E-state index contributed by atoms with van der Waals surface area (Å²) < 4.78 is 96.6. The molecule has 356 valence electrons. The lowest BCUT2D eigenvalue weighted by atomic mass is 9.87. The Bertz CT molecular complexity index is 2950. The Labute approximate surface area is 385 Å². The number of aromatic nitrogens is 2. The van der Waals surface area contributed by atoms with Gasteiger partial charge in [0.05, 0.1) is 47.7 Å². The van der Waals surface area contributed by atoms with E-state index in [1.165, 1.54) is 42.2 Å². The van der Waals surface area contributed by atoms with E-state index in [1.54, 1.807) is 24.0 Å². The average Bonchev–Trinajstić information content (AvgIpc) is 3.71. The molecule has 0 radical (unpaired) electrons. The first-order valence-electron chi connectivity index (χ1n) is 21.9. The smallest absolute Gasteiger partial charge is 0.332 e. The van der Waals surface area contributed by atoms with Crippen LogP contribution in [-0.2, 0) is 39.6 Å². The van der Waals surface area contributed by atoms with Gasteiger partial charge in [0, 0.05) is 38.8 Å². The molecule has 1 aromatic heterocycles. The van der Waals surface area contributed by atoms with Crippen LogP contribution in [0.15, 0.2) is 64.5 Å². The molecule has 4 fully saturated rings. The summed E-state index contributed by atoms with van der Waals surface area (Å²) in [6, 6.07) is 11.4. The van der Waals surface area contributed by atoms with Crippen molar-refractivity contribution >= 4 is 60.4 Å². The lowest BCUT2D eigenvalue weighted by Gasteiger charge is -2.40. The van der Waals surface area contributed by atoms with Gasteiger partial charge in [-0.3, -0.25) is 38.7 Å². The fraction of sp³-hybridized carbons (Fsp3) is 0.455. The van der Waals surface area contributed by atoms with Gasteiger partial charge in [0.2, 0.25) is 17.7 Å². The average molecular weight is 966 g/mol. The molecular formula is C44H49F2N9O10S2. The van der Waals surface area contributed by atoms with Crippen molar-refractivity contribution < 1.29 is 49.0 Å². The van der Waals surface area contributed by atoms with Gasteiger partial charge in [-0.05, 0) is 106 Å². The highest BCUT2D eigenvalue weighted by Gasteiger charge is 2.44. The number of likely N-dealkylation sites (tertiary alicyclic amines) is 2. The van der Waals surface area contributed by atoms with Gasteiger partial charge in [0.25, 0.3) is 5.56 Å². The molecule has 0 aliphatic carbocycles. The van der Waals surface area contributed by atoms with Crippen molar-refractivity contribution in [3.05, 3.63) is 82.2 Å². The molecule has 3 amide bonds. The Hall–Kier alpha value is -6.06. The van der Waals surface area contributed by atoms with Crippen LogP contribution in [0.3, 0.4) is 0 Å². The van der Waals surface area contributed by atoms with Crippen LogP contribution in [-0.4, -0.2) is 123 Å². The Kier molecular flexibility index (Phi) is 13.4. The maximum absolute atomic E-state index is 15.1. The van der Waals surface area contributed by atoms with Crippen LogP contribution >= 0.6 is 0 Å². The van der Waals surface area contributed by atoms with Crippen molar-refractivity contribution in [3.8, 4) is 17.6 Å². The molecule has 19 nitrogen and oxygen atoms in total. The molecule has 4 saturated heterocycles. The van der Waals surface area contributed by atoms with Crippen LogP contribution in [0.25, 0.3) is 10.9 Å². The van der Waals surface area contributed by atoms with Gasteiger partial charge in [0.1, 0.15) is 28.3 Å². The number of fused-ring (bicyclic) bond motifs is 1. The van der Waals surface area contributed by atoms with Crippen molar-refractivity contribution in [3.63, 3.8) is 0 Å². The molecule has 4 aromatic rings. The largest absolute Gasteiger partial charge is 0.453 e. The molecule has 0 bridgehead atoms. The number of imide groups is 1. The number of amides is 3. The van der Waals surface area contributed by atoms with Crippen LogP contribution in [0.4, 0.5) is 19.7 Å². The van der Waals surface area contributed by atoms with Gasteiger partial charge in [-0.25, -0.2) is 9.37 Å². The van der Waals surface area contributed by atoms with Gasteiger partial charge in [0.15, 0.2) is 11.6 Å². The minimum Gasteiger partial charge on any atom is -0.453 e. The van der Waals surface area contributed by atoms with Crippen molar-refractivity contribution in [2.45, 2.75) is 80.4 Å². The van der Waals surface area contributed by atoms with E-state index in [-0.39, 0.29) is 72.9 Å². The minimum atomic E-state index is -5.12. The summed E-state index contributed by atoms with van der Waals surface area (Å²) in [6.07, 6.45) is 4.33. The number of ether oxygens (including phenoxy) is 2. The lowest BCUT2D eigenvalue weighted by Crippen LogP contribution is -2.50. The summed E-state index contributed by atoms with van der Waals surface area (Å²) in [5, 5.41) is 15.2. The van der Waals surface area contributed by atoms with E-state index >= 15 is 4.39 Å². The predicted molar refractivity (Wildman–Crippen MR) is 239 cm³/mol. The second-order valence-electron chi connectivity index (χ2n) is 17.3. The van der Waals surface area contributed by atoms with E-state index in [1.807, 2.05) is 11.0 Å². The number of halogens is 2. The highest BCUT2D eigenvalue weighted by atomic mass is 32.3. The number of carbonyl (C=O) groups is 3. The number of hydrogen-bond donors (Lipinski definition) is 3. The van der Waals surface area contributed by atoms with Crippen molar-refractivity contribution in [2.24, 2.45) is 0 Å². The molecule has 67 heavy (non-hydrogen) atoms. The second kappa shape index (κ2) is 18.9. The van der Waals surface area contributed by atoms with Gasteiger partial charge in [-0.2, -0.15) is 26.4 Å². The lowest BCUT2D eigenvalue weighted by molar-refractivity contribution is -0.137. The molecule has 8 rings (SSSR count). The normalized spacial score (nSPS) is 20.5. The minimum absolute atomic E-state index is 0.0139. The standard InChI is InChI=1S/C44H49F2N9O10S2/c1-3-52(2)67(62,63)51-36-9-7-34(45)41(33(36)23-47)65-30-5-8-35-32(21-30)43(59)55(26-48-35)29-22-44(64-25-29)14-18-54(19-15-44)40(57)24-53-16-12-27(13-17-53)31-6-4-28(20-38(31)66(46,60)61)49-37-10-11-39(56)50-42(37)58/h4-9,20-21,26-27,29,37,49,51H,3,10-19,22,24-25H2,1-2H3,(H,50,56,58)/t29-,37?/m0/s1. The van der Waals surface area contributed by atoms with Crippen LogP contribution < -0.4 is 25.7 Å². The van der Waals surface area contributed by atoms with E-state index in [9.17, 15) is 45.2 Å². The molecule has 4 aliphatic heterocycles. The number of anilines is 2. The highest BCUT2D eigenvalue weighted by Crippen LogP contribution is 2.41. The summed E-state index contributed by atoms with van der Waals surface area (Å²) in [6.45, 7) is 3.98. The molecule has 3 N–H and O–H groups in total. The monoisotopic (exact) mass is 965 g/mol.